The average Bonchev–Trinajstić information content (AvgIpc) is 2.37. The van der Waals surface area contributed by atoms with Gasteiger partial charge in [0.05, 0.1) is 26.2 Å². The second-order valence-corrected chi connectivity index (χ2v) is 4.14. The Hall–Kier alpha value is -1.84. The smallest absolute Gasteiger partial charge is 0.305 e. The van der Waals surface area contributed by atoms with E-state index in [0.717, 1.165) is 11.1 Å². The number of methoxy groups -OCH3 is 2. The standard InChI is InChI=1S/C14H18O4/c1-9-7-11(13(17-3)8-10(9)2)12(15)5-6-14(16)18-4/h7-8H,5-6H2,1-4H3. The van der Waals surface area contributed by atoms with Gasteiger partial charge in [-0.2, -0.15) is 0 Å². The summed E-state index contributed by atoms with van der Waals surface area (Å²) in [4.78, 5) is 23.0. The highest BCUT2D eigenvalue weighted by Gasteiger charge is 2.15. The monoisotopic (exact) mass is 250 g/mol. The Labute approximate surface area is 107 Å². The van der Waals surface area contributed by atoms with Gasteiger partial charge in [-0.05, 0) is 37.1 Å². The van der Waals surface area contributed by atoms with Crippen LogP contribution in [0.4, 0.5) is 0 Å². The highest BCUT2D eigenvalue weighted by atomic mass is 16.5. The largest absolute Gasteiger partial charge is 0.496 e. The molecule has 0 radical (unpaired) electrons. The van der Waals surface area contributed by atoms with Gasteiger partial charge in [-0.15, -0.1) is 0 Å². The fourth-order valence-electron chi connectivity index (χ4n) is 1.63. The van der Waals surface area contributed by atoms with E-state index in [9.17, 15) is 9.59 Å². The van der Waals surface area contributed by atoms with Crippen molar-refractivity contribution < 1.29 is 19.1 Å². The summed E-state index contributed by atoms with van der Waals surface area (Å²) >= 11 is 0. The van der Waals surface area contributed by atoms with E-state index in [4.69, 9.17) is 4.74 Å². The Bertz CT molecular complexity index is 463. The molecule has 18 heavy (non-hydrogen) atoms. The molecule has 1 rings (SSSR count). The second-order valence-electron chi connectivity index (χ2n) is 4.14. The predicted octanol–water partition coefficient (Wildman–Crippen LogP) is 2.45. The number of esters is 1. The SMILES string of the molecule is COC(=O)CCC(=O)c1cc(C)c(C)cc1OC. The van der Waals surface area contributed by atoms with Gasteiger partial charge in [0.25, 0.3) is 0 Å². The van der Waals surface area contributed by atoms with E-state index in [0.29, 0.717) is 11.3 Å². The predicted molar refractivity (Wildman–Crippen MR) is 68.0 cm³/mol. The van der Waals surface area contributed by atoms with Gasteiger partial charge in [0.15, 0.2) is 5.78 Å². The van der Waals surface area contributed by atoms with Crippen molar-refractivity contribution in [3.05, 3.63) is 28.8 Å². The van der Waals surface area contributed by atoms with E-state index in [2.05, 4.69) is 4.74 Å². The van der Waals surface area contributed by atoms with Gasteiger partial charge < -0.3 is 9.47 Å². The lowest BCUT2D eigenvalue weighted by molar-refractivity contribution is -0.140. The summed E-state index contributed by atoms with van der Waals surface area (Å²) in [5, 5.41) is 0. The van der Waals surface area contributed by atoms with Crippen molar-refractivity contribution in [2.24, 2.45) is 0 Å². The molecule has 0 atom stereocenters. The molecule has 98 valence electrons. The number of Topliss-reactive ketones (excluding diaryl/α,β-unsaturated/α-hetero) is 1. The van der Waals surface area contributed by atoms with E-state index in [1.807, 2.05) is 19.9 Å². The van der Waals surface area contributed by atoms with Gasteiger partial charge in [-0.3, -0.25) is 9.59 Å². The zero-order chi connectivity index (χ0) is 13.7. The lowest BCUT2D eigenvalue weighted by Gasteiger charge is -2.10. The van der Waals surface area contributed by atoms with Gasteiger partial charge in [0, 0.05) is 6.42 Å². The third kappa shape index (κ3) is 3.32. The molecule has 1 aromatic rings. The van der Waals surface area contributed by atoms with E-state index >= 15 is 0 Å². The highest BCUT2D eigenvalue weighted by Crippen LogP contribution is 2.24. The molecule has 0 bridgehead atoms. The number of aryl methyl sites for hydroxylation is 2. The molecular formula is C14H18O4. The van der Waals surface area contributed by atoms with Gasteiger partial charge in [0.2, 0.25) is 0 Å². The molecule has 1 aromatic carbocycles. The van der Waals surface area contributed by atoms with Gasteiger partial charge >= 0.3 is 5.97 Å². The topological polar surface area (TPSA) is 52.6 Å². The Morgan fingerprint density at radius 3 is 2.22 bits per heavy atom. The van der Waals surface area contributed by atoms with Crippen LogP contribution in [0.3, 0.4) is 0 Å². The van der Waals surface area contributed by atoms with Crippen LogP contribution in [0, 0.1) is 13.8 Å². The first-order valence-electron chi connectivity index (χ1n) is 5.74. The van der Waals surface area contributed by atoms with Crippen molar-refractivity contribution in [1.82, 2.24) is 0 Å². The maximum atomic E-state index is 12.0. The van der Waals surface area contributed by atoms with E-state index in [1.54, 1.807) is 6.07 Å². The zero-order valence-electron chi connectivity index (χ0n) is 11.2. The third-order valence-electron chi connectivity index (χ3n) is 2.90. The lowest BCUT2D eigenvalue weighted by atomic mass is 10.00. The van der Waals surface area contributed by atoms with E-state index in [-0.39, 0.29) is 24.6 Å². The first-order valence-corrected chi connectivity index (χ1v) is 5.74. The molecule has 0 aliphatic rings. The van der Waals surface area contributed by atoms with E-state index < -0.39 is 0 Å². The summed E-state index contributed by atoms with van der Waals surface area (Å²) in [5.41, 5.74) is 2.61. The number of ether oxygens (including phenoxy) is 2. The molecule has 0 fully saturated rings. The van der Waals surface area contributed by atoms with Gasteiger partial charge in [-0.25, -0.2) is 0 Å². The quantitative estimate of drug-likeness (QED) is 0.595. The number of hydrogen-bond donors (Lipinski definition) is 0. The minimum Gasteiger partial charge on any atom is -0.496 e. The van der Waals surface area contributed by atoms with Crippen LogP contribution in [0.25, 0.3) is 0 Å². The van der Waals surface area contributed by atoms with Crippen LogP contribution >= 0.6 is 0 Å². The minimum absolute atomic E-state index is 0.0887. The first-order chi connectivity index (χ1) is 8.49. The summed E-state index contributed by atoms with van der Waals surface area (Å²) in [5.74, 6) is 0.0551. The summed E-state index contributed by atoms with van der Waals surface area (Å²) in [6, 6.07) is 3.63. The van der Waals surface area contributed by atoms with Crippen LogP contribution in [0.5, 0.6) is 5.75 Å². The average molecular weight is 250 g/mol. The normalized spacial score (nSPS) is 10.0. The van der Waals surface area contributed by atoms with Crippen molar-refractivity contribution >= 4 is 11.8 Å². The number of rotatable bonds is 5. The molecule has 0 amide bonds. The fraction of sp³-hybridized carbons (Fsp3) is 0.429. The number of hydrogen-bond acceptors (Lipinski definition) is 4. The zero-order valence-corrected chi connectivity index (χ0v) is 11.2. The number of carbonyl (C=O) groups excluding carboxylic acids is 2. The number of benzene rings is 1. The van der Waals surface area contributed by atoms with Crippen LogP contribution in [0.1, 0.15) is 34.3 Å². The van der Waals surface area contributed by atoms with Crippen molar-refractivity contribution in [3.63, 3.8) is 0 Å². The lowest BCUT2D eigenvalue weighted by Crippen LogP contribution is -2.08. The molecule has 0 saturated carbocycles. The second kappa shape index (κ2) is 6.19. The van der Waals surface area contributed by atoms with Crippen molar-refractivity contribution in [2.45, 2.75) is 26.7 Å². The first kappa shape index (κ1) is 14.2. The van der Waals surface area contributed by atoms with Crippen LogP contribution in [-0.4, -0.2) is 26.0 Å². The van der Waals surface area contributed by atoms with Crippen LogP contribution in [0.2, 0.25) is 0 Å². The summed E-state index contributed by atoms with van der Waals surface area (Å²) < 4.78 is 9.71. The van der Waals surface area contributed by atoms with Crippen LogP contribution in [0.15, 0.2) is 12.1 Å². The van der Waals surface area contributed by atoms with Gasteiger partial charge in [-0.1, -0.05) is 0 Å². The number of ketones is 1. The molecule has 0 aliphatic carbocycles. The van der Waals surface area contributed by atoms with E-state index in [1.165, 1.54) is 14.2 Å². The summed E-state index contributed by atoms with van der Waals surface area (Å²) in [7, 11) is 2.84. The maximum absolute atomic E-state index is 12.0. The molecule has 0 aromatic heterocycles. The molecule has 0 spiro atoms. The highest BCUT2D eigenvalue weighted by molar-refractivity contribution is 6.00. The van der Waals surface area contributed by atoms with Crippen LogP contribution < -0.4 is 4.74 Å². The molecule has 0 saturated heterocycles. The Morgan fingerprint density at radius 1 is 1.06 bits per heavy atom. The molecule has 4 nitrogen and oxygen atoms in total. The Balaban J connectivity index is 2.91. The third-order valence-corrected chi connectivity index (χ3v) is 2.90. The molecule has 0 aliphatic heterocycles. The van der Waals surface area contributed by atoms with Crippen molar-refractivity contribution in [2.75, 3.05) is 14.2 Å². The molecule has 0 N–H and O–H groups in total. The molecule has 4 heteroatoms. The molecular weight excluding hydrogens is 232 g/mol. The van der Waals surface area contributed by atoms with Gasteiger partial charge in [0.1, 0.15) is 5.75 Å². The van der Waals surface area contributed by atoms with Crippen molar-refractivity contribution in [1.29, 1.82) is 0 Å². The summed E-state index contributed by atoms with van der Waals surface area (Å²) in [6.07, 6.45) is 0.219. The molecule has 0 heterocycles. The number of carbonyl (C=O) groups is 2. The maximum Gasteiger partial charge on any atom is 0.305 e. The van der Waals surface area contributed by atoms with Crippen molar-refractivity contribution in [3.8, 4) is 5.75 Å². The minimum atomic E-state index is -0.383. The Kier molecular flexibility index (Phi) is 4.89. The fourth-order valence-corrected chi connectivity index (χ4v) is 1.63. The van der Waals surface area contributed by atoms with Crippen LogP contribution in [-0.2, 0) is 9.53 Å². The summed E-state index contributed by atoms with van der Waals surface area (Å²) in [6.45, 7) is 3.90. The molecule has 0 unspecified atom stereocenters. The Morgan fingerprint density at radius 2 is 1.67 bits per heavy atom.